The number of ether oxygens (including phenoxy) is 1. The van der Waals surface area contributed by atoms with Gasteiger partial charge in [0.15, 0.2) is 5.16 Å². The molecule has 0 fully saturated rings. The molecular formula is C17H21ClN4O4S. The minimum absolute atomic E-state index is 0.224. The number of benzene rings is 1. The molecule has 3 N–H and O–H groups in total. The van der Waals surface area contributed by atoms with Crippen LogP contribution in [-0.2, 0) is 16.1 Å². The molecule has 8 nitrogen and oxygen atoms in total. The highest BCUT2D eigenvalue weighted by molar-refractivity contribution is 8.00. The van der Waals surface area contributed by atoms with E-state index in [1.165, 1.54) is 4.57 Å². The van der Waals surface area contributed by atoms with E-state index in [0.29, 0.717) is 47.3 Å². The second-order valence-corrected chi connectivity index (χ2v) is 7.42. The molecule has 0 saturated carbocycles. The van der Waals surface area contributed by atoms with Crippen LogP contribution in [0.25, 0.3) is 10.9 Å². The Morgan fingerprint density at radius 2 is 2.19 bits per heavy atom. The van der Waals surface area contributed by atoms with Crippen LogP contribution in [0.3, 0.4) is 0 Å². The average Bonchev–Trinajstić information content (AvgIpc) is 2.59. The van der Waals surface area contributed by atoms with Gasteiger partial charge in [0, 0.05) is 24.8 Å². The third-order valence-electron chi connectivity index (χ3n) is 3.65. The van der Waals surface area contributed by atoms with Gasteiger partial charge in [-0.2, -0.15) is 0 Å². The molecule has 3 amide bonds. The lowest BCUT2D eigenvalue weighted by Crippen LogP contribution is -2.39. The van der Waals surface area contributed by atoms with Crippen molar-refractivity contribution in [2.45, 2.75) is 37.2 Å². The zero-order chi connectivity index (χ0) is 20.0. The van der Waals surface area contributed by atoms with Crippen molar-refractivity contribution >= 4 is 46.2 Å². The van der Waals surface area contributed by atoms with Crippen LogP contribution in [0.4, 0.5) is 4.79 Å². The second-order valence-electron chi connectivity index (χ2n) is 5.68. The Morgan fingerprint density at radius 1 is 1.44 bits per heavy atom. The number of nitrogens with zero attached hydrogens (tertiary/aromatic N) is 2. The van der Waals surface area contributed by atoms with Crippen molar-refractivity contribution in [1.29, 1.82) is 0 Å². The summed E-state index contributed by atoms with van der Waals surface area (Å²) in [6, 6.07) is 3.93. The molecule has 0 aliphatic carbocycles. The standard InChI is InChI=1S/C17H21ClN4O4S/c1-3-26-8-4-7-22-15(24)12-6-5-11(18)9-13(12)20-17(22)27-10(2)14(23)21-16(19)25/h5-6,9-10H,3-4,7-8H2,1-2H3,(H3,19,21,23,25)/t10-/m1/s1. The van der Waals surface area contributed by atoms with Gasteiger partial charge in [-0.15, -0.1) is 0 Å². The first kappa shape index (κ1) is 21.2. The Hall–Kier alpha value is -2.10. The first-order chi connectivity index (χ1) is 12.8. The summed E-state index contributed by atoms with van der Waals surface area (Å²) in [4.78, 5) is 40.3. The molecule has 0 spiro atoms. The lowest BCUT2D eigenvalue weighted by molar-refractivity contribution is -0.119. The number of aromatic nitrogens is 2. The number of fused-ring (bicyclic) bond motifs is 1. The lowest BCUT2D eigenvalue weighted by atomic mass is 10.2. The van der Waals surface area contributed by atoms with E-state index in [4.69, 9.17) is 22.1 Å². The highest BCUT2D eigenvalue weighted by Gasteiger charge is 2.20. The Kier molecular flexibility index (Phi) is 7.64. The van der Waals surface area contributed by atoms with Crippen LogP contribution in [0, 0.1) is 0 Å². The molecule has 0 bridgehead atoms. The van der Waals surface area contributed by atoms with Gasteiger partial charge in [0.2, 0.25) is 5.91 Å². The maximum absolute atomic E-state index is 12.9. The van der Waals surface area contributed by atoms with Crippen molar-refractivity contribution in [3.8, 4) is 0 Å². The number of halogens is 1. The number of primary amides is 1. The van der Waals surface area contributed by atoms with Crippen molar-refractivity contribution in [3.05, 3.63) is 33.6 Å². The number of carbonyl (C=O) groups excluding carboxylic acids is 2. The van der Waals surface area contributed by atoms with E-state index >= 15 is 0 Å². The summed E-state index contributed by atoms with van der Waals surface area (Å²) in [6.45, 7) is 4.98. The summed E-state index contributed by atoms with van der Waals surface area (Å²) >= 11 is 7.07. The van der Waals surface area contributed by atoms with Crippen LogP contribution in [0.5, 0.6) is 0 Å². The predicted octanol–water partition coefficient (Wildman–Crippen LogP) is 2.15. The van der Waals surface area contributed by atoms with Crippen LogP contribution >= 0.6 is 23.4 Å². The van der Waals surface area contributed by atoms with Crippen LogP contribution < -0.4 is 16.6 Å². The van der Waals surface area contributed by atoms with Crippen molar-refractivity contribution < 1.29 is 14.3 Å². The molecule has 1 aromatic heterocycles. The Morgan fingerprint density at radius 3 is 2.85 bits per heavy atom. The first-order valence-corrected chi connectivity index (χ1v) is 9.64. The van der Waals surface area contributed by atoms with Gasteiger partial charge in [0.1, 0.15) is 0 Å². The largest absolute Gasteiger partial charge is 0.382 e. The van der Waals surface area contributed by atoms with Gasteiger partial charge in [-0.05, 0) is 38.5 Å². The van der Waals surface area contributed by atoms with Crippen molar-refractivity contribution in [2.24, 2.45) is 5.73 Å². The molecule has 1 heterocycles. The molecular weight excluding hydrogens is 392 g/mol. The fourth-order valence-corrected chi connectivity index (χ4v) is 3.47. The van der Waals surface area contributed by atoms with Gasteiger partial charge >= 0.3 is 6.03 Å². The van der Waals surface area contributed by atoms with E-state index in [-0.39, 0.29) is 5.56 Å². The first-order valence-electron chi connectivity index (χ1n) is 8.38. The molecule has 0 aliphatic rings. The summed E-state index contributed by atoms with van der Waals surface area (Å²) in [5, 5.41) is 2.60. The molecule has 2 aromatic rings. The number of hydrogen-bond acceptors (Lipinski definition) is 6. The fraction of sp³-hybridized carbons (Fsp3) is 0.412. The minimum Gasteiger partial charge on any atom is -0.382 e. The molecule has 10 heteroatoms. The quantitative estimate of drug-likeness (QED) is 0.390. The average molecular weight is 413 g/mol. The van der Waals surface area contributed by atoms with Gasteiger partial charge < -0.3 is 10.5 Å². The molecule has 146 valence electrons. The zero-order valence-electron chi connectivity index (χ0n) is 15.0. The normalized spacial score (nSPS) is 12.1. The molecule has 1 aromatic carbocycles. The fourth-order valence-electron chi connectivity index (χ4n) is 2.36. The second kappa shape index (κ2) is 9.72. The number of nitrogens with one attached hydrogen (secondary N) is 1. The number of hydrogen-bond donors (Lipinski definition) is 2. The van der Waals surface area contributed by atoms with Gasteiger partial charge in [-0.3, -0.25) is 19.5 Å². The summed E-state index contributed by atoms with van der Waals surface area (Å²) in [7, 11) is 0. The van der Waals surface area contributed by atoms with Crippen molar-refractivity contribution in [1.82, 2.24) is 14.9 Å². The van der Waals surface area contributed by atoms with E-state index < -0.39 is 17.2 Å². The number of rotatable bonds is 8. The number of nitrogens with two attached hydrogens (primary N) is 1. The van der Waals surface area contributed by atoms with Crippen molar-refractivity contribution in [3.63, 3.8) is 0 Å². The third kappa shape index (κ3) is 5.69. The highest BCUT2D eigenvalue weighted by atomic mass is 35.5. The third-order valence-corrected chi connectivity index (χ3v) is 4.98. The monoisotopic (exact) mass is 412 g/mol. The van der Waals surface area contributed by atoms with Gasteiger partial charge in [0.25, 0.3) is 5.56 Å². The topological polar surface area (TPSA) is 116 Å². The van der Waals surface area contributed by atoms with Crippen LogP contribution in [0.1, 0.15) is 20.3 Å². The van der Waals surface area contributed by atoms with Crippen molar-refractivity contribution in [2.75, 3.05) is 13.2 Å². The van der Waals surface area contributed by atoms with E-state index in [1.807, 2.05) is 12.2 Å². The zero-order valence-corrected chi connectivity index (χ0v) is 16.6. The predicted molar refractivity (Wildman–Crippen MR) is 105 cm³/mol. The van der Waals surface area contributed by atoms with Crippen LogP contribution in [0.2, 0.25) is 5.02 Å². The molecule has 27 heavy (non-hydrogen) atoms. The van der Waals surface area contributed by atoms with Crippen LogP contribution in [-0.4, -0.2) is 40.0 Å². The number of imide groups is 1. The summed E-state index contributed by atoms with van der Waals surface area (Å²) in [5.41, 5.74) is 5.20. The number of carbonyl (C=O) groups is 2. The van der Waals surface area contributed by atoms with Crippen LogP contribution in [0.15, 0.2) is 28.2 Å². The number of amides is 3. The SMILES string of the molecule is CCOCCCn1c(S[C@H](C)C(=O)NC(N)=O)nc2cc(Cl)ccc2c1=O. The lowest BCUT2D eigenvalue weighted by Gasteiger charge is -2.16. The Labute approximate surface area is 165 Å². The number of thioether (sulfide) groups is 1. The molecule has 0 radical (unpaired) electrons. The van der Waals surface area contributed by atoms with Gasteiger partial charge in [-0.25, -0.2) is 9.78 Å². The smallest absolute Gasteiger partial charge is 0.318 e. The molecule has 0 saturated heterocycles. The molecule has 0 aliphatic heterocycles. The summed E-state index contributed by atoms with van der Waals surface area (Å²) in [5.74, 6) is -0.561. The van der Waals surface area contributed by atoms with E-state index in [2.05, 4.69) is 4.98 Å². The number of urea groups is 1. The molecule has 2 rings (SSSR count). The molecule has 1 atom stereocenters. The van der Waals surface area contributed by atoms with Gasteiger partial charge in [-0.1, -0.05) is 23.4 Å². The summed E-state index contributed by atoms with van der Waals surface area (Å²) in [6.07, 6.45) is 0.615. The highest BCUT2D eigenvalue weighted by Crippen LogP contribution is 2.24. The Bertz CT molecular complexity index is 902. The summed E-state index contributed by atoms with van der Waals surface area (Å²) < 4.78 is 6.83. The maximum atomic E-state index is 12.9. The van der Waals surface area contributed by atoms with Gasteiger partial charge in [0.05, 0.1) is 16.2 Å². The van der Waals surface area contributed by atoms with E-state index in [9.17, 15) is 14.4 Å². The molecule has 0 unspecified atom stereocenters. The Balaban J connectivity index is 2.39. The minimum atomic E-state index is -0.931. The van der Waals surface area contributed by atoms with E-state index in [1.54, 1.807) is 25.1 Å². The van der Waals surface area contributed by atoms with E-state index in [0.717, 1.165) is 11.8 Å². The maximum Gasteiger partial charge on any atom is 0.318 e.